The molecule has 1 atom stereocenters. The summed E-state index contributed by atoms with van der Waals surface area (Å²) in [6.07, 6.45) is 1.03. The van der Waals surface area contributed by atoms with E-state index in [-0.39, 0.29) is 11.8 Å². The lowest BCUT2D eigenvalue weighted by Gasteiger charge is -2.13. The first kappa shape index (κ1) is 7.49. The fraction of sp³-hybridized carbons (Fsp3) is 0.500. The maximum Gasteiger partial charge on any atom is 0.201 e. The average Bonchev–Trinajstić information content (AvgIpc) is 2.29. The number of fused-ring (bicyclic) bond motifs is 1. The number of hydrogen-bond donors (Lipinski definition) is 1. The molecule has 1 aliphatic rings. The minimum absolute atomic E-state index is 0.0237. The molecule has 0 saturated carbocycles. The highest BCUT2D eigenvalue weighted by Gasteiger charge is 2.27. The summed E-state index contributed by atoms with van der Waals surface area (Å²) in [5.74, 6) is 0.931. The normalized spacial score (nSPS) is 22.5. The van der Waals surface area contributed by atoms with Gasteiger partial charge in [0.25, 0.3) is 0 Å². The Kier molecular flexibility index (Phi) is 1.51. The smallest absolute Gasteiger partial charge is 0.201 e. The van der Waals surface area contributed by atoms with Gasteiger partial charge in [0.1, 0.15) is 0 Å². The number of nitrogens with zero attached hydrogens (tertiary/aromatic N) is 1. The number of hydrogen-bond acceptors (Lipinski definition) is 4. The van der Waals surface area contributed by atoms with E-state index in [0.717, 1.165) is 5.69 Å². The van der Waals surface area contributed by atoms with E-state index in [1.807, 2.05) is 0 Å². The van der Waals surface area contributed by atoms with Crippen LogP contribution in [-0.2, 0) is 6.42 Å². The minimum atomic E-state index is -0.0884. The van der Waals surface area contributed by atoms with Crippen LogP contribution in [0.25, 0.3) is 0 Å². The topological polar surface area (TPSA) is 69.1 Å². The monoisotopic (exact) mass is 166 g/mol. The number of carbonyl (C=O) groups excluding carboxylic acids is 1. The molecule has 1 aromatic heterocycles. The van der Waals surface area contributed by atoms with Crippen LogP contribution < -0.4 is 5.73 Å². The molecule has 4 heteroatoms. The van der Waals surface area contributed by atoms with Crippen LogP contribution in [0.5, 0.6) is 0 Å². The van der Waals surface area contributed by atoms with E-state index in [4.69, 9.17) is 10.2 Å². The molecule has 0 saturated heterocycles. The number of oxazole rings is 1. The predicted molar refractivity (Wildman–Crippen MR) is 41.9 cm³/mol. The number of nitrogens with two attached hydrogens (primary N) is 1. The van der Waals surface area contributed by atoms with Crippen LogP contribution in [-0.4, -0.2) is 16.8 Å². The molecule has 2 N–H and O–H groups in total. The molecule has 1 aliphatic carbocycles. The molecule has 12 heavy (non-hydrogen) atoms. The number of ketones is 1. The third-order valence-electron chi connectivity index (χ3n) is 1.96. The van der Waals surface area contributed by atoms with Crippen LogP contribution in [0.4, 0.5) is 0 Å². The molecule has 2 rings (SSSR count). The van der Waals surface area contributed by atoms with Gasteiger partial charge in [-0.2, -0.15) is 0 Å². The van der Waals surface area contributed by atoms with E-state index in [1.54, 1.807) is 6.92 Å². The molecule has 1 heterocycles. The van der Waals surface area contributed by atoms with E-state index >= 15 is 0 Å². The minimum Gasteiger partial charge on any atom is -0.438 e. The molecule has 0 bridgehead atoms. The highest BCUT2D eigenvalue weighted by molar-refractivity contribution is 5.95. The fourth-order valence-electron chi connectivity index (χ4n) is 1.48. The summed E-state index contributed by atoms with van der Waals surface area (Å²) < 4.78 is 5.15. The van der Waals surface area contributed by atoms with Crippen LogP contribution in [0.2, 0.25) is 0 Å². The maximum atomic E-state index is 11.3. The second kappa shape index (κ2) is 2.42. The van der Waals surface area contributed by atoms with Crippen molar-refractivity contribution in [2.45, 2.75) is 25.8 Å². The molecule has 4 nitrogen and oxygen atoms in total. The molecule has 1 unspecified atom stereocenters. The van der Waals surface area contributed by atoms with Crippen molar-refractivity contribution in [3.05, 3.63) is 17.3 Å². The van der Waals surface area contributed by atoms with Crippen molar-refractivity contribution in [2.24, 2.45) is 5.73 Å². The molecule has 64 valence electrons. The first-order valence-electron chi connectivity index (χ1n) is 3.92. The van der Waals surface area contributed by atoms with E-state index in [9.17, 15) is 4.79 Å². The molecular formula is C8H10N2O2. The van der Waals surface area contributed by atoms with Crippen molar-refractivity contribution in [1.82, 2.24) is 4.98 Å². The van der Waals surface area contributed by atoms with Gasteiger partial charge >= 0.3 is 0 Å². The average molecular weight is 166 g/mol. The molecule has 0 amide bonds. The van der Waals surface area contributed by atoms with Gasteiger partial charge < -0.3 is 10.2 Å². The second-order valence-electron chi connectivity index (χ2n) is 3.10. The van der Waals surface area contributed by atoms with Gasteiger partial charge in [-0.1, -0.05) is 0 Å². The van der Waals surface area contributed by atoms with Gasteiger partial charge in [0.2, 0.25) is 5.78 Å². The Morgan fingerprint density at radius 1 is 1.58 bits per heavy atom. The third kappa shape index (κ3) is 1.04. The summed E-state index contributed by atoms with van der Waals surface area (Å²) in [5.41, 5.74) is 6.37. The number of carbonyl (C=O) groups is 1. The molecule has 0 aliphatic heterocycles. The number of rotatable bonds is 0. The summed E-state index contributed by atoms with van der Waals surface area (Å²) in [6.45, 7) is 1.73. The lowest BCUT2D eigenvalue weighted by atomic mass is 9.97. The Morgan fingerprint density at radius 2 is 2.33 bits per heavy atom. The second-order valence-corrected chi connectivity index (χ2v) is 3.10. The van der Waals surface area contributed by atoms with Gasteiger partial charge in [-0.15, -0.1) is 0 Å². The first-order valence-corrected chi connectivity index (χ1v) is 3.92. The zero-order valence-corrected chi connectivity index (χ0v) is 6.83. The van der Waals surface area contributed by atoms with Gasteiger partial charge in [0.15, 0.2) is 11.7 Å². The quantitative estimate of drug-likeness (QED) is 0.607. The number of Topliss-reactive ketones (excluding diaryl/α,β-unsaturated/α-hetero) is 1. The van der Waals surface area contributed by atoms with Crippen molar-refractivity contribution in [1.29, 1.82) is 0 Å². The van der Waals surface area contributed by atoms with Crippen LogP contribution in [0, 0.1) is 6.92 Å². The highest BCUT2D eigenvalue weighted by atomic mass is 16.4. The lowest BCUT2D eigenvalue weighted by Crippen LogP contribution is -2.31. The van der Waals surface area contributed by atoms with Crippen molar-refractivity contribution >= 4 is 5.78 Å². The fourth-order valence-corrected chi connectivity index (χ4v) is 1.48. The predicted octanol–water partition coefficient (Wildman–Crippen LogP) is 0.439. The lowest BCUT2D eigenvalue weighted by molar-refractivity contribution is 0.0935. The largest absolute Gasteiger partial charge is 0.438 e. The molecule has 0 fully saturated rings. The Morgan fingerprint density at radius 3 is 3.08 bits per heavy atom. The van der Waals surface area contributed by atoms with Crippen molar-refractivity contribution in [3.8, 4) is 0 Å². The zero-order valence-electron chi connectivity index (χ0n) is 6.83. The summed E-state index contributed by atoms with van der Waals surface area (Å²) in [7, 11) is 0. The van der Waals surface area contributed by atoms with Crippen molar-refractivity contribution < 1.29 is 9.21 Å². The number of aryl methyl sites for hydroxylation is 1. The standard InChI is InChI=1S/C8H10N2O2/c1-4-10-6-2-5(9)3-7(11)8(6)12-4/h5H,2-3,9H2,1H3. The van der Waals surface area contributed by atoms with Crippen molar-refractivity contribution in [2.75, 3.05) is 0 Å². The van der Waals surface area contributed by atoms with Crippen LogP contribution in [0.15, 0.2) is 4.42 Å². The van der Waals surface area contributed by atoms with Crippen LogP contribution in [0.1, 0.15) is 28.6 Å². The Hall–Kier alpha value is -1.16. The van der Waals surface area contributed by atoms with Gasteiger partial charge in [-0.25, -0.2) is 4.98 Å². The summed E-state index contributed by atoms with van der Waals surface area (Å²) in [6, 6.07) is -0.0884. The van der Waals surface area contributed by atoms with Crippen LogP contribution in [0.3, 0.4) is 0 Å². The molecular weight excluding hydrogens is 156 g/mol. The molecule has 0 aromatic carbocycles. The summed E-state index contributed by atoms with van der Waals surface area (Å²) >= 11 is 0. The SMILES string of the molecule is Cc1nc2c(o1)C(=O)CC(N)C2. The van der Waals surface area contributed by atoms with Gasteiger partial charge in [-0.05, 0) is 0 Å². The van der Waals surface area contributed by atoms with Gasteiger partial charge in [0.05, 0.1) is 5.69 Å². The Labute approximate surface area is 69.8 Å². The molecule has 0 spiro atoms. The van der Waals surface area contributed by atoms with E-state index < -0.39 is 0 Å². The molecule has 0 radical (unpaired) electrons. The number of aromatic nitrogens is 1. The van der Waals surface area contributed by atoms with Gasteiger partial charge in [-0.3, -0.25) is 4.79 Å². The zero-order chi connectivity index (χ0) is 8.72. The van der Waals surface area contributed by atoms with E-state index in [0.29, 0.717) is 24.5 Å². The van der Waals surface area contributed by atoms with E-state index in [2.05, 4.69) is 4.98 Å². The molecule has 1 aromatic rings. The van der Waals surface area contributed by atoms with E-state index in [1.165, 1.54) is 0 Å². The third-order valence-corrected chi connectivity index (χ3v) is 1.96. The Bertz CT molecular complexity index is 330. The van der Waals surface area contributed by atoms with Crippen LogP contribution >= 0.6 is 0 Å². The Balaban J connectivity index is 2.46. The summed E-state index contributed by atoms with van der Waals surface area (Å²) in [4.78, 5) is 15.4. The summed E-state index contributed by atoms with van der Waals surface area (Å²) in [5, 5.41) is 0. The highest BCUT2D eigenvalue weighted by Crippen LogP contribution is 2.20. The van der Waals surface area contributed by atoms with Crippen molar-refractivity contribution in [3.63, 3.8) is 0 Å². The first-order chi connectivity index (χ1) is 5.66. The van der Waals surface area contributed by atoms with Gasteiger partial charge in [0, 0.05) is 25.8 Å². The maximum absolute atomic E-state index is 11.3.